The molecule has 0 atom stereocenters. The summed E-state index contributed by atoms with van der Waals surface area (Å²) in [6.45, 7) is 1.02. The third-order valence-electron chi connectivity index (χ3n) is 3.83. The van der Waals surface area contributed by atoms with Crippen LogP contribution in [0.5, 0.6) is 5.75 Å². The van der Waals surface area contributed by atoms with Crippen molar-refractivity contribution < 1.29 is 23.1 Å². The van der Waals surface area contributed by atoms with Gasteiger partial charge in [0.2, 0.25) is 5.91 Å². The van der Waals surface area contributed by atoms with E-state index in [4.69, 9.17) is 9.15 Å². The maximum Gasteiger partial charge on any atom is 0.293 e. The first-order valence-corrected chi connectivity index (χ1v) is 9.92. The van der Waals surface area contributed by atoms with Crippen molar-refractivity contribution in [1.29, 1.82) is 0 Å². The Hall–Kier alpha value is -3.20. The molecular formula is C20H20FN3O4S. The Morgan fingerprint density at radius 1 is 1.17 bits per heavy atom. The summed E-state index contributed by atoms with van der Waals surface area (Å²) in [7, 11) is 0. The summed E-state index contributed by atoms with van der Waals surface area (Å²) in [4.78, 5) is 28.1. The van der Waals surface area contributed by atoms with Crippen LogP contribution >= 0.6 is 11.3 Å². The highest BCUT2D eigenvalue weighted by atomic mass is 32.1. The Morgan fingerprint density at radius 3 is 2.76 bits per heavy atom. The van der Waals surface area contributed by atoms with Crippen LogP contribution in [0.25, 0.3) is 0 Å². The molecule has 3 aromatic rings. The zero-order chi connectivity index (χ0) is 20.5. The molecule has 0 saturated carbocycles. The summed E-state index contributed by atoms with van der Waals surface area (Å²) in [5, 5.41) is 7.60. The van der Waals surface area contributed by atoms with Crippen molar-refractivity contribution in [2.75, 3.05) is 18.5 Å². The molecule has 0 aliphatic carbocycles. The van der Waals surface area contributed by atoms with Gasteiger partial charge >= 0.3 is 0 Å². The fourth-order valence-corrected chi connectivity index (χ4v) is 3.12. The molecule has 29 heavy (non-hydrogen) atoms. The van der Waals surface area contributed by atoms with Crippen molar-refractivity contribution in [1.82, 2.24) is 10.3 Å². The Bertz CT molecular complexity index is 926. The number of hydrogen-bond donors (Lipinski definition) is 2. The molecule has 0 saturated heterocycles. The van der Waals surface area contributed by atoms with Gasteiger partial charge in [-0.3, -0.25) is 14.9 Å². The normalized spacial score (nSPS) is 10.5. The molecule has 0 fully saturated rings. The molecule has 0 spiro atoms. The molecule has 9 heteroatoms. The molecule has 2 N–H and O–H groups in total. The number of benzene rings is 1. The Balaban J connectivity index is 1.30. The van der Waals surface area contributed by atoms with Gasteiger partial charge in [-0.05, 0) is 49.2 Å². The van der Waals surface area contributed by atoms with Crippen LogP contribution in [0.2, 0.25) is 0 Å². The zero-order valence-electron chi connectivity index (χ0n) is 15.5. The van der Waals surface area contributed by atoms with Crippen molar-refractivity contribution in [3.8, 4) is 5.75 Å². The van der Waals surface area contributed by atoms with Gasteiger partial charge in [-0.2, -0.15) is 0 Å². The van der Waals surface area contributed by atoms with E-state index in [0.29, 0.717) is 29.7 Å². The number of amides is 2. The number of nitrogens with zero attached hydrogens (tertiary/aromatic N) is 1. The number of halogens is 1. The van der Waals surface area contributed by atoms with E-state index in [-0.39, 0.29) is 29.8 Å². The number of rotatable bonds is 10. The van der Waals surface area contributed by atoms with E-state index in [1.807, 2.05) is 0 Å². The van der Waals surface area contributed by atoms with E-state index >= 15 is 0 Å². The highest BCUT2D eigenvalue weighted by molar-refractivity contribution is 7.14. The maximum atomic E-state index is 12.8. The number of aromatic nitrogens is 1. The number of nitrogens with one attached hydrogen (secondary N) is 2. The second-order valence-corrected chi connectivity index (χ2v) is 6.97. The predicted octanol–water partition coefficient (Wildman–Crippen LogP) is 3.65. The Morgan fingerprint density at radius 2 is 2.00 bits per heavy atom. The van der Waals surface area contributed by atoms with Crippen molar-refractivity contribution in [2.24, 2.45) is 0 Å². The van der Waals surface area contributed by atoms with Gasteiger partial charge in [-0.15, -0.1) is 11.3 Å². The smallest absolute Gasteiger partial charge is 0.293 e. The highest BCUT2D eigenvalue weighted by Gasteiger charge is 2.12. The third-order valence-corrected chi connectivity index (χ3v) is 4.64. The van der Waals surface area contributed by atoms with Crippen LogP contribution in [0.15, 0.2) is 52.5 Å². The van der Waals surface area contributed by atoms with E-state index in [9.17, 15) is 14.0 Å². The number of furan rings is 1. The summed E-state index contributed by atoms with van der Waals surface area (Å²) < 4.78 is 23.3. The van der Waals surface area contributed by atoms with Gasteiger partial charge in [0.1, 0.15) is 11.6 Å². The molecule has 7 nitrogen and oxygen atoms in total. The molecule has 152 valence electrons. The second-order valence-electron chi connectivity index (χ2n) is 6.11. The van der Waals surface area contributed by atoms with Crippen LogP contribution in [-0.2, 0) is 11.2 Å². The number of anilines is 1. The monoisotopic (exact) mass is 417 g/mol. The quantitative estimate of drug-likeness (QED) is 0.491. The summed E-state index contributed by atoms with van der Waals surface area (Å²) in [5.41, 5.74) is 0.585. The molecule has 0 aliphatic heterocycles. The Labute approximate surface area is 170 Å². The number of hydrogen-bond acceptors (Lipinski definition) is 6. The van der Waals surface area contributed by atoms with Crippen LogP contribution < -0.4 is 15.4 Å². The average molecular weight is 417 g/mol. The Kier molecular flexibility index (Phi) is 7.34. The fourth-order valence-electron chi connectivity index (χ4n) is 2.41. The average Bonchev–Trinajstić information content (AvgIpc) is 3.38. The van der Waals surface area contributed by atoms with Gasteiger partial charge in [0, 0.05) is 11.9 Å². The van der Waals surface area contributed by atoms with Gasteiger partial charge in [-0.1, -0.05) is 0 Å². The summed E-state index contributed by atoms with van der Waals surface area (Å²) in [6, 6.07) is 9.04. The minimum Gasteiger partial charge on any atom is -0.494 e. The molecule has 0 bridgehead atoms. The molecule has 0 aliphatic rings. The maximum absolute atomic E-state index is 12.8. The number of unbranched alkanes of at least 4 members (excludes halogenated alkanes) is 1. The second kappa shape index (κ2) is 10.4. The van der Waals surface area contributed by atoms with Gasteiger partial charge in [-0.25, -0.2) is 9.37 Å². The molecule has 2 amide bonds. The lowest BCUT2D eigenvalue weighted by Gasteiger charge is -2.07. The molecule has 0 radical (unpaired) electrons. The summed E-state index contributed by atoms with van der Waals surface area (Å²) >= 11 is 1.25. The largest absolute Gasteiger partial charge is 0.494 e. The fraction of sp³-hybridized carbons (Fsp3) is 0.250. The van der Waals surface area contributed by atoms with E-state index in [2.05, 4.69) is 15.6 Å². The highest BCUT2D eigenvalue weighted by Crippen LogP contribution is 2.17. The van der Waals surface area contributed by atoms with E-state index in [0.717, 1.165) is 12.8 Å². The molecule has 3 rings (SSSR count). The number of carbonyl (C=O) groups is 2. The lowest BCUT2D eigenvalue weighted by molar-refractivity contribution is -0.120. The first-order valence-electron chi connectivity index (χ1n) is 9.04. The van der Waals surface area contributed by atoms with Crippen LogP contribution in [0.3, 0.4) is 0 Å². The van der Waals surface area contributed by atoms with Crippen LogP contribution in [-0.4, -0.2) is 29.9 Å². The number of ether oxygens (including phenoxy) is 1. The molecule has 0 unspecified atom stereocenters. The van der Waals surface area contributed by atoms with E-state index in [1.54, 1.807) is 29.6 Å². The summed E-state index contributed by atoms with van der Waals surface area (Å²) in [5.74, 6) is -0.00844. The van der Waals surface area contributed by atoms with Crippen LogP contribution in [0, 0.1) is 5.82 Å². The molecule has 2 aromatic heterocycles. The van der Waals surface area contributed by atoms with Gasteiger partial charge in [0.15, 0.2) is 10.9 Å². The van der Waals surface area contributed by atoms with E-state index < -0.39 is 0 Å². The topological polar surface area (TPSA) is 93.5 Å². The summed E-state index contributed by atoms with van der Waals surface area (Å²) in [6.07, 6.45) is 3.08. The minimum absolute atomic E-state index is 0.138. The first kappa shape index (κ1) is 20.5. The molecule has 2 heterocycles. The van der Waals surface area contributed by atoms with Crippen molar-refractivity contribution >= 4 is 28.3 Å². The number of thiazole rings is 1. The lowest BCUT2D eigenvalue weighted by atomic mass is 10.3. The molecular weight excluding hydrogens is 397 g/mol. The SMILES string of the molecule is O=C(Cc1csc(NC(=O)c2ccco2)n1)NCCCCOc1ccc(F)cc1. The van der Waals surface area contributed by atoms with Gasteiger partial charge in [0.25, 0.3) is 5.91 Å². The third kappa shape index (κ3) is 6.72. The van der Waals surface area contributed by atoms with Crippen LogP contribution in [0.1, 0.15) is 29.1 Å². The van der Waals surface area contributed by atoms with Crippen LogP contribution in [0.4, 0.5) is 9.52 Å². The van der Waals surface area contributed by atoms with E-state index in [1.165, 1.54) is 29.7 Å². The lowest BCUT2D eigenvalue weighted by Crippen LogP contribution is -2.26. The van der Waals surface area contributed by atoms with Crippen molar-refractivity contribution in [3.63, 3.8) is 0 Å². The van der Waals surface area contributed by atoms with Gasteiger partial charge < -0.3 is 14.5 Å². The molecule has 1 aromatic carbocycles. The standard InChI is InChI=1S/C20H20FN3O4S/c21-14-5-7-16(8-6-14)27-10-2-1-9-22-18(25)12-15-13-29-20(23-15)24-19(26)17-4-3-11-28-17/h3-8,11,13H,1-2,9-10,12H2,(H,22,25)(H,23,24,26). The predicted molar refractivity (Wildman–Crippen MR) is 107 cm³/mol. The first-order chi connectivity index (χ1) is 14.1. The minimum atomic E-state index is -0.386. The van der Waals surface area contributed by atoms with Crippen molar-refractivity contribution in [2.45, 2.75) is 19.3 Å². The number of carbonyl (C=O) groups excluding carboxylic acids is 2. The van der Waals surface area contributed by atoms with Crippen molar-refractivity contribution in [3.05, 3.63) is 65.3 Å². The zero-order valence-corrected chi connectivity index (χ0v) is 16.3. The van der Waals surface area contributed by atoms with Gasteiger partial charge in [0.05, 0.1) is 25.0 Å².